The summed E-state index contributed by atoms with van der Waals surface area (Å²) in [7, 11) is -4.40. The van der Waals surface area contributed by atoms with Crippen LogP contribution in [0.5, 0.6) is 0 Å². The molecule has 0 aliphatic carbocycles. The van der Waals surface area contributed by atoms with E-state index in [0.29, 0.717) is 6.42 Å². The molecule has 54 heavy (non-hydrogen) atoms. The molecular weight excluding hydrogens is 701 g/mol. The van der Waals surface area contributed by atoms with Crippen molar-refractivity contribution < 1.29 is 37.6 Å². The minimum atomic E-state index is -4.40. The average Bonchev–Trinajstić information content (AvgIpc) is 3.16. The fourth-order valence-electron chi connectivity index (χ4n) is 5.31. The zero-order chi connectivity index (χ0) is 39.6. The van der Waals surface area contributed by atoms with Gasteiger partial charge in [-0.2, -0.15) is 0 Å². The van der Waals surface area contributed by atoms with Crippen LogP contribution in [0.1, 0.15) is 162 Å². The molecule has 0 radical (unpaired) electrons. The normalized spacial score (nSPS) is 14.1. The highest BCUT2D eigenvalue weighted by Gasteiger charge is 2.25. The van der Waals surface area contributed by atoms with E-state index in [1.807, 2.05) is 12.2 Å². The highest BCUT2D eigenvalue weighted by molar-refractivity contribution is 7.47. The van der Waals surface area contributed by atoms with Crippen LogP contribution in [-0.2, 0) is 32.7 Å². The molecule has 0 aliphatic rings. The number of carbonyl (C=O) groups excluding carboxylic acids is 2. The number of rotatable bonds is 38. The Morgan fingerprint density at radius 2 is 1.02 bits per heavy atom. The molecule has 0 amide bonds. The van der Waals surface area contributed by atoms with Gasteiger partial charge in [0, 0.05) is 19.4 Å². The molecule has 0 heterocycles. The third-order valence-corrected chi connectivity index (χ3v) is 9.35. The van der Waals surface area contributed by atoms with Crippen LogP contribution in [0.25, 0.3) is 0 Å². The summed E-state index contributed by atoms with van der Waals surface area (Å²) in [6, 6.07) is 0. The number of allylic oxidation sites excluding steroid dienone is 12. The smallest absolute Gasteiger partial charge is 0.462 e. The number of esters is 2. The summed E-state index contributed by atoms with van der Waals surface area (Å²) >= 11 is 0. The van der Waals surface area contributed by atoms with Crippen LogP contribution in [0.2, 0.25) is 0 Å². The third kappa shape index (κ3) is 39.2. The topological polar surface area (TPSA) is 134 Å². The van der Waals surface area contributed by atoms with Gasteiger partial charge in [-0.05, 0) is 51.4 Å². The second-order valence-corrected chi connectivity index (χ2v) is 14.9. The minimum Gasteiger partial charge on any atom is -0.462 e. The van der Waals surface area contributed by atoms with E-state index in [4.69, 9.17) is 24.3 Å². The van der Waals surface area contributed by atoms with Gasteiger partial charge >= 0.3 is 19.8 Å². The van der Waals surface area contributed by atoms with Gasteiger partial charge in [0.2, 0.25) is 0 Å². The first-order chi connectivity index (χ1) is 26.3. The molecule has 0 aromatic heterocycles. The van der Waals surface area contributed by atoms with Crippen molar-refractivity contribution in [3.63, 3.8) is 0 Å². The molecule has 0 aromatic rings. The number of phosphoric ester groups is 1. The molecule has 10 heteroatoms. The van der Waals surface area contributed by atoms with Crippen LogP contribution in [0.4, 0.5) is 0 Å². The van der Waals surface area contributed by atoms with Gasteiger partial charge in [-0.25, -0.2) is 4.57 Å². The Balaban J connectivity index is 4.32. The Morgan fingerprint density at radius 1 is 0.574 bits per heavy atom. The fraction of sp³-hybridized carbons (Fsp3) is 0.682. The van der Waals surface area contributed by atoms with E-state index >= 15 is 0 Å². The van der Waals surface area contributed by atoms with Crippen molar-refractivity contribution in [3.05, 3.63) is 72.9 Å². The Hall–Kier alpha value is -2.55. The predicted octanol–water partition coefficient (Wildman–Crippen LogP) is 11.9. The van der Waals surface area contributed by atoms with E-state index in [-0.39, 0.29) is 32.6 Å². The highest BCUT2D eigenvalue weighted by Crippen LogP contribution is 2.43. The van der Waals surface area contributed by atoms with Gasteiger partial charge in [0.05, 0.1) is 13.2 Å². The number of nitrogens with two attached hydrogens (primary N) is 1. The van der Waals surface area contributed by atoms with Crippen LogP contribution in [0.3, 0.4) is 0 Å². The summed E-state index contributed by atoms with van der Waals surface area (Å²) in [6.07, 6.45) is 48.0. The molecule has 0 aliphatic heterocycles. The third-order valence-electron chi connectivity index (χ3n) is 8.37. The number of ether oxygens (including phenoxy) is 2. The Bertz CT molecular complexity index is 1110. The maximum atomic E-state index is 12.5. The van der Waals surface area contributed by atoms with E-state index < -0.39 is 32.5 Å². The number of unbranched alkanes of at least 4 members (excludes halogenated alkanes) is 13. The second kappa shape index (κ2) is 40.1. The zero-order valence-electron chi connectivity index (χ0n) is 33.9. The van der Waals surface area contributed by atoms with Crippen LogP contribution >= 0.6 is 7.82 Å². The molecule has 0 rings (SSSR count). The molecule has 0 fully saturated rings. The largest absolute Gasteiger partial charge is 0.472 e. The van der Waals surface area contributed by atoms with Gasteiger partial charge in [-0.3, -0.25) is 18.6 Å². The average molecular weight is 778 g/mol. The zero-order valence-corrected chi connectivity index (χ0v) is 34.8. The molecule has 310 valence electrons. The Morgan fingerprint density at radius 3 is 1.48 bits per heavy atom. The summed E-state index contributed by atoms with van der Waals surface area (Å²) < 4.78 is 32.6. The number of phosphoric acid groups is 1. The van der Waals surface area contributed by atoms with Crippen LogP contribution < -0.4 is 5.73 Å². The first kappa shape index (κ1) is 51.5. The lowest BCUT2D eigenvalue weighted by Crippen LogP contribution is -2.29. The first-order valence-electron chi connectivity index (χ1n) is 20.9. The van der Waals surface area contributed by atoms with Gasteiger partial charge in [0.15, 0.2) is 6.10 Å². The van der Waals surface area contributed by atoms with Crippen molar-refractivity contribution >= 4 is 19.8 Å². The van der Waals surface area contributed by atoms with E-state index in [1.54, 1.807) is 0 Å². The summed E-state index contributed by atoms with van der Waals surface area (Å²) in [4.78, 5) is 34.8. The van der Waals surface area contributed by atoms with Gasteiger partial charge in [0.1, 0.15) is 6.61 Å². The summed E-state index contributed by atoms with van der Waals surface area (Å²) in [6.45, 7) is 3.52. The van der Waals surface area contributed by atoms with Crippen molar-refractivity contribution in [2.75, 3.05) is 26.4 Å². The van der Waals surface area contributed by atoms with Gasteiger partial charge < -0.3 is 20.1 Å². The van der Waals surface area contributed by atoms with Crippen molar-refractivity contribution in [2.45, 2.75) is 168 Å². The molecule has 2 unspecified atom stereocenters. The summed E-state index contributed by atoms with van der Waals surface area (Å²) in [5.41, 5.74) is 5.34. The summed E-state index contributed by atoms with van der Waals surface area (Å²) in [5, 5.41) is 0. The molecule has 0 aromatic carbocycles. The van der Waals surface area contributed by atoms with E-state index in [0.717, 1.165) is 57.8 Å². The van der Waals surface area contributed by atoms with Gasteiger partial charge in [-0.15, -0.1) is 0 Å². The predicted molar refractivity (Wildman–Crippen MR) is 224 cm³/mol. The molecule has 0 spiro atoms. The van der Waals surface area contributed by atoms with E-state index in [2.05, 4.69) is 74.6 Å². The summed E-state index contributed by atoms with van der Waals surface area (Å²) in [5.74, 6) is -0.929. The van der Waals surface area contributed by atoms with Crippen LogP contribution in [0, 0.1) is 0 Å². The lowest BCUT2D eigenvalue weighted by atomic mass is 10.0. The maximum absolute atomic E-state index is 12.5. The monoisotopic (exact) mass is 778 g/mol. The Labute approximate surface area is 329 Å². The van der Waals surface area contributed by atoms with Crippen molar-refractivity contribution in [1.82, 2.24) is 0 Å². The SMILES string of the molecule is CC/C=C\C/C=C\C/C=C\C/C=C\C/C=C\C/C=C\CCC(=O)OC(COC(=O)CCCCCCCCCCCCCCCC)COP(=O)(O)OCCN. The fourth-order valence-corrected chi connectivity index (χ4v) is 6.07. The molecule has 3 N–H and O–H groups in total. The van der Waals surface area contributed by atoms with Crippen molar-refractivity contribution in [2.24, 2.45) is 5.73 Å². The molecular formula is C44H76NO8P. The lowest BCUT2D eigenvalue weighted by Gasteiger charge is -2.19. The molecule has 9 nitrogen and oxygen atoms in total. The van der Waals surface area contributed by atoms with Crippen molar-refractivity contribution in [1.29, 1.82) is 0 Å². The maximum Gasteiger partial charge on any atom is 0.472 e. The van der Waals surface area contributed by atoms with Gasteiger partial charge in [0.25, 0.3) is 0 Å². The van der Waals surface area contributed by atoms with Crippen molar-refractivity contribution in [3.8, 4) is 0 Å². The molecule has 2 atom stereocenters. The second-order valence-electron chi connectivity index (χ2n) is 13.5. The Kier molecular flexibility index (Phi) is 38.2. The van der Waals surface area contributed by atoms with E-state index in [9.17, 15) is 19.0 Å². The number of carbonyl (C=O) groups is 2. The van der Waals surface area contributed by atoms with E-state index in [1.165, 1.54) is 70.6 Å². The number of hydrogen-bond acceptors (Lipinski definition) is 8. The first-order valence-corrected chi connectivity index (χ1v) is 22.4. The van der Waals surface area contributed by atoms with Crippen LogP contribution in [0.15, 0.2) is 72.9 Å². The lowest BCUT2D eigenvalue weighted by molar-refractivity contribution is -0.161. The quantitative estimate of drug-likeness (QED) is 0.0272. The molecule has 0 saturated carbocycles. The minimum absolute atomic E-state index is 0.0395. The standard InChI is InChI=1S/C44H76NO8P/c1-3-5-7-9-11-13-15-17-19-20-21-22-23-25-27-29-31-33-35-37-44(47)53-42(41-52-54(48,49)51-39-38-45)40-50-43(46)36-34-32-30-28-26-24-18-16-14-12-10-8-6-4-2/h5,7,11,13,17,19,21-22,25,27,31,33,42H,3-4,6,8-10,12,14-16,18,20,23-24,26,28-30,32,34-41,45H2,1-2H3,(H,48,49)/b7-5-,13-11-,19-17-,22-21-,27-25-,33-31-. The van der Waals surface area contributed by atoms with Crippen LogP contribution in [-0.4, -0.2) is 49.3 Å². The highest BCUT2D eigenvalue weighted by atomic mass is 31.2. The number of hydrogen-bond donors (Lipinski definition) is 2. The molecule has 0 bridgehead atoms. The molecule has 0 saturated heterocycles. The van der Waals surface area contributed by atoms with Gasteiger partial charge in [-0.1, -0.05) is 170 Å².